The topological polar surface area (TPSA) is 29.1 Å². The second-order valence-electron chi connectivity index (χ2n) is 4.30. The molecule has 2 nitrogen and oxygen atoms in total. The summed E-state index contributed by atoms with van der Waals surface area (Å²) in [6.07, 6.45) is 0. The Hall–Kier alpha value is -0.580. The Kier molecular flexibility index (Phi) is 4.13. The van der Waals surface area contributed by atoms with Crippen molar-refractivity contribution in [2.75, 3.05) is 6.54 Å². The van der Waals surface area contributed by atoms with Gasteiger partial charge >= 0.3 is 0 Å². The number of carbonyl (C=O) groups is 1. The summed E-state index contributed by atoms with van der Waals surface area (Å²) in [6.45, 7) is 6.48. The molecule has 0 unspecified atom stereocenters. The molecule has 0 radical (unpaired) electrons. The molecule has 0 aliphatic heterocycles. The van der Waals surface area contributed by atoms with Crippen molar-refractivity contribution in [3.8, 4) is 0 Å². The number of hydrogen-bond acceptors (Lipinski definition) is 1. The van der Waals surface area contributed by atoms with Gasteiger partial charge in [0.1, 0.15) is 0 Å². The Morgan fingerprint density at radius 1 is 1.33 bits per heavy atom. The summed E-state index contributed by atoms with van der Waals surface area (Å²) in [5, 5.41) is 2.86. The average molecular weight is 317 g/mol. The van der Waals surface area contributed by atoms with E-state index in [-0.39, 0.29) is 11.3 Å². The number of rotatable bonds is 3. The van der Waals surface area contributed by atoms with Gasteiger partial charge in [-0.3, -0.25) is 4.79 Å². The van der Waals surface area contributed by atoms with E-state index in [4.69, 9.17) is 0 Å². The summed E-state index contributed by atoms with van der Waals surface area (Å²) < 4.78 is 1.23. The van der Waals surface area contributed by atoms with Gasteiger partial charge < -0.3 is 5.32 Å². The number of hydrogen-bond donors (Lipinski definition) is 1. The van der Waals surface area contributed by atoms with Gasteiger partial charge in [-0.05, 0) is 40.3 Å². The summed E-state index contributed by atoms with van der Waals surface area (Å²) in [7, 11) is 0. The number of nitrogens with one attached hydrogen (secondary N) is 1. The molecule has 0 atom stereocenters. The molecule has 0 aliphatic rings. The maximum atomic E-state index is 10.9. The summed E-state index contributed by atoms with van der Waals surface area (Å²) in [5.74, 6) is 0.0218. The molecule has 1 amide bonds. The highest BCUT2D eigenvalue weighted by atomic mass is 127. The van der Waals surface area contributed by atoms with Crippen molar-refractivity contribution in [1.82, 2.24) is 5.32 Å². The zero-order valence-electron chi connectivity index (χ0n) is 9.30. The van der Waals surface area contributed by atoms with Gasteiger partial charge in [-0.1, -0.05) is 26.0 Å². The van der Waals surface area contributed by atoms with Crippen molar-refractivity contribution < 1.29 is 4.79 Å². The Balaban J connectivity index is 2.76. The van der Waals surface area contributed by atoms with Crippen molar-refractivity contribution in [1.29, 1.82) is 0 Å². The Morgan fingerprint density at radius 2 is 1.87 bits per heavy atom. The second-order valence-corrected chi connectivity index (χ2v) is 5.55. The normalized spacial score (nSPS) is 11.2. The molecule has 0 aliphatic carbocycles. The lowest BCUT2D eigenvalue weighted by atomic mass is 9.85. The van der Waals surface area contributed by atoms with Gasteiger partial charge in [-0.25, -0.2) is 0 Å². The standard InChI is InChI=1S/C12H16INO/c1-9(15)14-8-12(2,3)10-4-6-11(13)7-5-10/h4-7H,8H2,1-3H3,(H,14,15). The lowest BCUT2D eigenvalue weighted by molar-refractivity contribution is -0.119. The van der Waals surface area contributed by atoms with Crippen LogP contribution in [-0.4, -0.2) is 12.5 Å². The molecule has 1 aromatic rings. The minimum Gasteiger partial charge on any atom is -0.355 e. The van der Waals surface area contributed by atoms with Gasteiger partial charge in [0.2, 0.25) is 5.91 Å². The van der Waals surface area contributed by atoms with Gasteiger partial charge in [-0.15, -0.1) is 0 Å². The van der Waals surface area contributed by atoms with Crippen molar-refractivity contribution in [2.24, 2.45) is 0 Å². The molecule has 1 rings (SSSR count). The van der Waals surface area contributed by atoms with E-state index in [9.17, 15) is 4.79 Å². The highest BCUT2D eigenvalue weighted by molar-refractivity contribution is 14.1. The van der Waals surface area contributed by atoms with Crippen LogP contribution in [0.1, 0.15) is 26.3 Å². The van der Waals surface area contributed by atoms with Crippen LogP contribution in [0.2, 0.25) is 0 Å². The average Bonchev–Trinajstić information content (AvgIpc) is 2.16. The van der Waals surface area contributed by atoms with Crippen molar-refractivity contribution in [2.45, 2.75) is 26.2 Å². The van der Waals surface area contributed by atoms with Crippen LogP contribution in [0.4, 0.5) is 0 Å². The van der Waals surface area contributed by atoms with E-state index in [2.05, 4.69) is 66.0 Å². The third-order valence-electron chi connectivity index (χ3n) is 2.40. The SMILES string of the molecule is CC(=O)NCC(C)(C)c1ccc(I)cc1. The Labute approximate surface area is 105 Å². The first kappa shape index (κ1) is 12.5. The highest BCUT2D eigenvalue weighted by Gasteiger charge is 2.20. The maximum Gasteiger partial charge on any atom is 0.216 e. The van der Waals surface area contributed by atoms with E-state index >= 15 is 0 Å². The van der Waals surface area contributed by atoms with Gasteiger partial charge in [0.05, 0.1) is 0 Å². The monoisotopic (exact) mass is 317 g/mol. The molecule has 0 heterocycles. The van der Waals surface area contributed by atoms with Crippen LogP contribution in [0.25, 0.3) is 0 Å². The van der Waals surface area contributed by atoms with Crippen LogP contribution in [0.5, 0.6) is 0 Å². The predicted molar refractivity (Wildman–Crippen MR) is 70.9 cm³/mol. The molecular weight excluding hydrogens is 301 g/mol. The molecule has 0 spiro atoms. The summed E-state index contributed by atoms with van der Waals surface area (Å²) in [6, 6.07) is 8.41. The third-order valence-corrected chi connectivity index (χ3v) is 3.12. The highest BCUT2D eigenvalue weighted by Crippen LogP contribution is 2.22. The number of halogens is 1. The zero-order valence-corrected chi connectivity index (χ0v) is 11.5. The molecule has 0 saturated carbocycles. The summed E-state index contributed by atoms with van der Waals surface area (Å²) in [5.41, 5.74) is 1.23. The Morgan fingerprint density at radius 3 is 2.33 bits per heavy atom. The maximum absolute atomic E-state index is 10.9. The van der Waals surface area contributed by atoms with Gasteiger partial charge in [0, 0.05) is 22.5 Å². The first-order valence-electron chi connectivity index (χ1n) is 4.92. The van der Waals surface area contributed by atoms with Gasteiger partial charge in [-0.2, -0.15) is 0 Å². The lowest BCUT2D eigenvalue weighted by Crippen LogP contribution is -2.35. The van der Waals surface area contributed by atoms with E-state index in [0.29, 0.717) is 6.54 Å². The molecule has 0 saturated heterocycles. The van der Waals surface area contributed by atoms with E-state index in [1.165, 1.54) is 9.13 Å². The van der Waals surface area contributed by atoms with Crippen molar-refractivity contribution in [3.63, 3.8) is 0 Å². The molecule has 3 heteroatoms. The van der Waals surface area contributed by atoms with Crippen LogP contribution in [0, 0.1) is 3.57 Å². The summed E-state index contributed by atoms with van der Waals surface area (Å²) in [4.78, 5) is 10.9. The molecule has 1 N–H and O–H groups in total. The second kappa shape index (κ2) is 4.96. The minimum atomic E-state index is -0.0178. The van der Waals surface area contributed by atoms with Crippen LogP contribution in [0.15, 0.2) is 24.3 Å². The number of benzene rings is 1. The predicted octanol–water partition coefficient (Wildman–Crippen LogP) is 2.70. The number of amides is 1. The molecule has 0 bridgehead atoms. The van der Waals surface area contributed by atoms with Crippen LogP contribution >= 0.6 is 22.6 Å². The van der Waals surface area contributed by atoms with E-state index in [1.807, 2.05) is 0 Å². The van der Waals surface area contributed by atoms with Crippen LogP contribution in [0.3, 0.4) is 0 Å². The van der Waals surface area contributed by atoms with E-state index < -0.39 is 0 Å². The van der Waals surface area contributed by atoms with Gasteiger partial charge in [0.15, 0.2) is 0 Å². The molecule has 0 fully saturated rings. The molecule has 82 valence electrons. The zero-order chi connectivity index (χ0) is 11.5. The fourth-order valence-electron chi connectivity index (χ4n) is 1.35. The molecule has 0 aromatic heterocycles. The quantitative estimate of drug-likeness (QED) is 0.854. The first-order chi connectivity index (χ1) is 6.92. The first-order valence-corrected chi connectivity index (χ1v) is 6.00. The minimum absolute atomic E-state index is 0.0178. The number of carbonyl (C=O) groups excluding carboxylic acids is 1. The summed E-state index contributed by atoms with van der Waals surface area (Å²) >= 11 is 2.29. The van der Waals surface area contributed by atoms with Crippen molar-refractivity contribution in [3.05, 3.63) is 33.4 Å². The molecule has 15 heavy (non-hydrogen) atoms. The fraction of sp³-hybridized carbons (Fsp3) is 0.417. The largest absolute Gasteiger partial charge is 0.355 e. The van der Waals surface area contributed by atoms with Crippen LogP contribution in [-0.2, 0) is 10.2 Å². The Bertz CT molecular complexity index is 343. The smallest absolute Gasteiger partial charge is 0.216 e. The fourth-order valence-corrected chi connectivity index (χ4v) is 1.71. The van der Waals surface area contributed by atoms with Crippen LogP contribution < -0.4 is 5.32 Å². The molecule has 1 aromatic carbocycles. The van der Waals surface area contributed by atoms with Gasteiger partial charge in [0.25, 0.3) is 0 Å². The lowest BCUT2D eigenvalue weighted by Gasteiger charge is -2.25. The molecular formula is C12H16INO. The van der Waals surface area contributed by atoms with E-state index in [0.717, 1.165) is 0 Å². The van der Waals surface area contributed by atoms with Crippen molar-refractivity contribution >= 4 is 28.5 Å². The van der Waals surface area contributed by atoms with E-state index in [1.54, 1.807) is 6.92 Å². The third kappa shape index (κ3) is 3.81.